The Hall–Kier alpha value is -2.42. The van der Waals surface area contributed by atoms with Crippen LogP contribution in [-0.4, -0.2) is 18.2 Å². The Morgan fingerprint density at radius 2 is 1.58 bits per heavy atom. The van der Waals surface area contributed by atoms with E-state index in [2.05, 4.69) is 5.32 Å². The molecule has 0 saturated carbocycles. The fourth-order valence-corrected chi connectivity index (χ4v) is 1.84. The highest BCUT2D eigenvalue weighted by Gasteiger charge is 2.13. The molecular formula is C16H15NO2. The lowest BCUT2D eigenvalue weighted by atomic mass is 10.1. The van der Waals surface area contributed by atoms with Crippen molar-refractivity contribution < 1.29 is 9.59 Å². The van der Waals surface area contributed by atoms with E-state index >= 15 is 0 Å². The molecule has 1 amide bonds. The van der Waals surface area contributed by atoms with E-state index in [-0.39, 0.29) is 5.91 Å². The summed E-state index contributed by atoms with van der Waals surface area (Å²) >= 11 is 0. The Morgan fingerprint density at radius 1 is 1.00 bits per heavy atom. The SMILES string of the molecule is O=[13CH][C@H](Cc1ccccc1)NC(=O)c1ccccc1. The molecule has 96 valence electrons. The van der Waals surface area contributed by atoms with Crippen molar-refractivity contribution in [1.82, 2.24) is 5.32 Å². The van der Waals surface area contributed by atoms with Crippen LogP contribution < -0.4 is 5.32 Å². The highest BCUT2D eigenvalue weighted by atomic mass is 16.2. The second-order valence-corrected chi connectivity index (χ2v) is 4.27. The molecule has 1 N–H and O–H groups in total. The lowest BCUT2D eigenvalue weighted by Crippen LogP contribution is -2.37. The van der Waals surface area contributed by atoms with E-state index in [1.54, 1.807) is 24.3 Å². The summed E-state index contributed by atoms with van der Waals surface area (Å²) in [5.41, 5.74) is 1.58. The molecule has 3 nitrogen and oxygen atoms in total. The number of carbonyl (C=O) groups excluding carboxylic acids is 2. The van der Waals surface area contributed by atoms with E-state index in [1.165, 1.54) is 0 Å². The Kier molecular flexibility index (Phi) is 4.45. The van der Waals surface area contributed by atoms with Gasteiger partial charge in [0.05, 0.1) is 6.04 Å². The summed E-state index contributed by atoms with van der Waals surface area (Å²) in [6, 6.07) is 18.0. The van der Waals surface area contributed by atoms with Gasteiger partial charge in [-0.05, 0) is 24.1 Å². The smallest absolute Gasteiger partial charge is 0.251 e. The minimum atomic E-state index is -0.505. The number of carbonyl (C=O) groups is 2. The lowest BCUT2D eigenvalue weighted by Gasteiger charge is -2.12. The number of aldehydes is 1. The van der Waals surface area contributed by atoms with Crippen LogP contribution in [0.25, 0.3) is 0 Å². The Labute approximate surface area is 112 Å². The van der Waals surface area contributed by atoms with Crippen molar-refractivity contribution in [3.8, 4) is 0 Å². The third kappa shape index (κ3) is 3.78. The zero-order chi connectivity index (χ0) is 13.5. The molecule has 0 saturated heterocycles. The largest absolute Gasteiger partial charge is 0.342 e. The first-order chi connectivity index (χ1) is 9.29. The van der Waals surface area contributed by atoms with E-state index in [0.717, 1.165) is 11.8 Å². The monoisotopic (exact) mass is 254 g/mol. The molecule has 2 aromatic carbocycles. The summed E-state index contributed by atoms with van der Waals surface area (Å²) in [5.74, 6) is -0.228. The maximum Gasteiger partial charge on any atom is 0.251 e. The number of benzene rings is 2. The molecule has 0 fully saturated rings. The topological polar surface area (TPSA) is 46.2 Å². The number of hydrogen-bond donors (Lipinski definition) is 1. The predicted molar refractivity (Wildman–Crippen MR) is 73.9 cm³/mol. The first-order valence-corrected chi connectivity index (χ1v) is 6.15. The third-order valence-electron chi connectivity index (χ3n) is 2.82. The van der Waals surface area contributed by atoms with Crippen LogP contribution in [0, 0.1) is 0 Å². The molecule has 0 spiro atoms. The van der Waals surface area contributed by atoms with E-state index in [4.69, 9.17) is 0 Å². The van der Waals surface area contributed by atoms with Crippen molar-refractivity contribution in [2.75, 3.05) is 0 Å². The van der Waals surface area contributed by atoms with Crippen LogP contribution in [-0.2, 0) is 11.2 Å². The highest BCUT2D eigenvalue weighted by Crippen LogP contribution is 2.04. The van der Waals surface area contributed by atoms with E-state index < -0.39 is 6.04 Å². The summed E-state index contributed by atoms with van der Waals surface area (Å²) < 4.78 is 0. The average Bonchev–Trinajstić information content (AvgIpc) is 2.48. The fourth-order valence-electron chi connectivity index (χ4n) is 1.84. The molecule has 0 aliphatic carbocycles. The Morgan fingerprint density at radius 3 is 2.16 bits per heavy atom. The standard InChI is InChI=1S/C16H15NO2/c18-12-15(11-13-7-3-1-4-8-13)17-16(19)14-9-5-2-6-10-14/h1-10,12,15H,11H2,(H,17,19)/t15-/m0/s1/i12+1. The summed E-state index contributed by atoms with van der Waals surface area (Å²) in [6.45, 7) is 0. The molecule has 0 heterocycles. The normalized spacial score (nSPS) is 11.6. The van der Waals surface area contributed by atoms with Gasteiger partial charge in [-0.3, -0.25) is 4.79 Å². The van der Waals surface area contributed by atoms with Crippen LogP contribution >= 0.6 is 0 Å². The zero-order valence-electron chi connectivity index (χ0n) is 10.5. The molecule has 0 unspecified atom stereocenters. The van der Waals surface area contributed by atoms with Gasteiger partial charge in [0, 0.05) is 5.56 Å². The molecule has 2 aromatic rings. The quantitative estimate of drug-likeness (QED) is 0.657. The van der Waals surface area contributed by atoms with Gasteiger partial charge < -0.3 is 10.1 Å². The van der Waals surface area contributed by atoms with Crippen molar-refractivity contribution in [3.05, 3.63) is 71.8 Å². The second-order valence-electron chi connectivity index (χ2n) is 4.27. The van der Waals surface area contributed by atoms with Crippen LogP contribution in [0.5, 0.6) is 0 Å². The molecule has 0 aliphatic rings. The van der Waals surface area contributed by atoms with Gasteiger partial charge >= 0.3 is 0 Å². The van der Waals surface area contributed by atoms with Gasteiger partial charge in [0.15, 0.2) is 0 Å². The maximum absolute atomic E-state index is 11.9. The zero-order valence-corrected chi connectivity index (χ0v) is 10.5. The predicted octanol–water partition coefficient (Wildman–Crippen LogP) is 2.23. The molecule has 0 radical (unpaired) electrons. The number of rotatable bonds is 5. The van der Waals surface area contributed by atoms with E-state index in [0.29, 0.717) is 12.0 Å². The van der Waals surface area contributed by atoms with Crippen molar-refractivity contribution in [2.45, 2.75) is 12.5 Å². The van der Waals surface area contributed by atoms with Crippen molar-refractivity contribution in [2.24, 2.45) is 0 Å². The summed E-state index contributed by atoms with van der Waals surface area (Å²) in [6.07, 6.45) is 1.27. The molecule has 1 atom stereocenters. The molecule has 3 heteroatoms. The van der Waals surface area contributed by atoms with Crippen molar-refractivity contribution in [3.63, 3.8) is 0 Å². The van der Waals surface area contributed by atoms with Crippen LogP contribution in [0.15, 0.2) is 60.7 Å². The fraction of sp³-hybridized carbons (Fsp3) is 0.125. The molecule has 19 heavy (non-hydrogen) atoms. The summed E-state index contributed by atoms with van der Waals surface area (Å²) in [7, 11) is 0. The molecule has 0 aliphatic heterocycles. The second kappa shape index (κ2) is 6.50. The molecule has 0 bridgehead atoms. The highest BCUT2D eigenvalue weighted by molar-refractivity contribution is 5.95. The van der Waals surface area contributed by atoms with Gasteiger partial charge in [-0.25, -0.2) is 0 Å². The average molecular weight is 254 g/mol. The lowest BCUT2D eigenvalue weighted by molar-refractivity contribution is -0.109. The van der Waals surface area contributed by atoms with Crippen LogP contribution in [0.2, 0.25) is 0 Å². The Balaban J connectivity index is 2.00. The van der Waals surface area contributed by atoms with Gasteiger partial charge in [-0.1, -0.05) is 48.5 Å². The summed E-state index contributed by atoms with van der Waals surface area (Å²) in [4.78, 5) is 23.0. The maximum atomic E-state index is 11.9. The molecular weight excluding hydrogens is 239 g/mol. The van der Waals surface area contributed by atoms with Gasteiger partial charge in [0.1, 0.15) is 6.29 Å². The minimum Gasteiger partial charge on any atom is -0.342 e. The molecule has 0 aromatic heterocycles. The minimum absolute atomic E-state index is 0.228. The molecule has 2 rings (SSSR count). The Bertz CT molecular complexity index is 537. The van der Waals surface area contributed by atoms with Gasteiger partial charge in [0.2, 0.25) is 0 Å². The first-order valence-electron chi connectivity index (χ1n) is 6.15. The number of hydrogen-bond acceptors (Lipinski definition) is 2. The van der Waals surface area contributed by atoms with E-state index in [1.807, 2.05) is 36.4 Å². The number of nitrogens with one attached hydrogen (secondary N) is 1. The van der Waals surface area contributed by atoms with Crippen LogP contribution in [0.3, 0.4) is 0 Å². The van der Waals surface area contributed by atoms with Crippen LogP contribution in [0.4, 0.5) is 0 Å². The van der Waals surface area contributed by atoms with Gasteiger partial charge in [-0.2, -0.15) is 0 Å². The van der Waals surface area contributed by atoms with Gasteiger partial charge in [-0.15, -0.1) is 0 Å². The first kappa shape index (κ1) is 13.0. The third-order valence-corrected chi connectivity index (χ3v) is 2.82. The summed E-state index contributed by atoms with van der Waals surface area (Å²) in [5, 5.41) is 2.72. The van der Waals surface area contributed by atoms with E-state index in [9.17, 15) is 9.59 Å². The van der Waals surface area contributed by atoms with Crippen molar-refractivity contribution >= 4 is 12.2 Å². The van der Waals surface area contributed by atoms with Crippen molar-refractivity contribution in [1.29, 1.82) is 0 Å². The van der Waals surface area contributed by atoms with Crippen LogP contribution in [0.1, 0.15) is 15.9 Å². The number of amides is 1. The van der Waals surface area contributed by atoms with Gasteiger partial charge in [0.25, 0.3) is 5.91 Å².